The zero-order valence-corrected chi connectivity index (χ0v) is 16.4. The van der Waals surface area contributed by atoms with E-state index in [1.54, 1.807) is 6.20 Å². The second-order valence-corrected chi connectivity index (χ2v) is 7.71. The molecule has 2 aromatic heterocycles. The van der Waals surface area contributed by atoms with Crippen molar-refractivity contribution in [3.63, 3.8) is 0 Å². The van der Waals surface area contributed by atoms with Crippen LogP contribution < -0.4 is 5.32 Å². The van der Waals surface area contributed by atoms with E-state index in [9.17, 15) is 4.79 Å². The molecule has 4 rings (SSSR count). The molecular weight excluding hydrogens is 336 g/mol. The van der Waals surface area contributed by atoms with Gasteiger partial charge in [-0.15, -0.1) is 0 Å². The van der Waals surface area contributed by atoms with Crippen molar-refractivity contribution in [3.05, 3.63) is 52.8 Å². The summed E-state index contributed by atoms with van der Waals surface area (Å²) in [7, 11) is 0. The highest BCUT2D eigenvalue weighted by Gasteiger charge is 2.28. The molecule has 0 saturated heterocycles. The summed E-state index contributed by atoms with van der Waals surface area (Å²) in [5.74, 6) is 0.387. The smallest absolute Gasteiger partial charge is 0.256 e. The third-order valence-corrected chi connectivity index (χ3v) is 5.29. The van der Waals surface area contributed by atoms with Gasteiger partial charge < -0.3 is 5.32 Å². The average molecular weight is 362 g/mol. The van der Waals surface area contributed by atoms with Gasteiger partial charge in [-0.2, -0.15) is 5.10 Å². The summed E-state index contributed by atoms with van der Waals surface area (Å²) in [4.78, 5) is 18.1. The number of nitrogens with one attached hydrogen (secondary N) is 1. The number of amides is 1. The van der Waals surface area contributed by atoms with Crippen LogP contribution in [0.2, 0.25) is 0 Å². The maximum Gasteiger partial charge on any atom is 0.256 e. The SMILES string of the molecule is CCc1cccc(C)c1NC(=O)c1cc(C2CC2)nc2c1cnn2C(C)C. The van der Waals surface area contributed by atoms with Crippen molar-refractivity contribution >= 4 is 22.6 Å². The van der Waals surface area contributed by atoms with Gasteiger partial charge in [0.1, 0.15) is 0 Å². The molecule has 5 heteroatoms. The Labute approximate surface area is 159 Å². The third-order valence-electron chi connectivity index (χ3n) is 5.29. The number of carbonyl (C=O) groups excluding carboxylic acids is 1. The summed E-state index contributed by atoms with van der Waals surface area (Å²) in [5, 5.41) is 8.47. The van der Waals surface area contributed by atoms with Gasteiger partial charge in [0.2, 0.25) is 0 Å². The summed E-state index contributed by atoms with van der Waals surface area (Å²) in [5.41, 5.74) is 5.62. The second-order valence-electron chi connectivity index (χ2n) is 7.71. The van der Waals surface area contributed by atoms with Gasteiger partial charge in [0.25, 0.3) is 5.91 Å². The van der Waals surface area contributed by atoms with Crippen LogP contribution in [0.3, 0.4) is 0 Å². The Bertz CT molecular complexity index is 1010. The molecule has 0 unspecified atom stereocenters. The topological polar surface area (TPSA) is 59.8 Å². The van der Waals surface area contributed by atoms with Crippen LogP contribution in [0.25, 0.3) is 11.0 Å². The van der Waals surface area contributed by atoms with E-state index in [-0.39, 0.29) is 11.9 Å². The Morgan fingerprint density at radius 3 is 2.78 bits per heavy atom. The highest BCUT2D eigenvalue weighted by atomic mass is 16.1. The Balaban J connectivity index is 1.80. The Hall–Kier alpha value is -2.69. The molecule has 27 heavy (non-hydrogen) atoms. The van der Waals surface area contributed by atoms with E-state index >= 15 is 0 Å². The molecule has 0 radical (unpaired) electrons. The lowest BCUT2D eigenvalue weighted by atomic mass is 10.0. The van der Waals surface area contributed by atoms with Crippen LogP contribution in [0.4, 0.5) is 5.69 Å². The first-order valence-electron chi connectivity index (χ1n) is 9.77. The van der Waals surface area contributed by atoms with Gasteiger partial charge in [0, 0.05) is 23.3 Å². The molecular formula is C22H26N4O. The predicted molar refractivity (Wildman–Crippen MR) is 108 cm³/mol. The number of pyridine rings is 1. The number of anilines is 1. The molecule has 0 spiro atoms. The van der Waals surface area contributed by atoms with Crippen molar-refractivity contribution in [1.82, 2.24) is 14.8 Å². The van der Waals surface area contributed by atoms with Crippen molar-refractivity contribution in [3.8, 4) is 0 Å². The van der Waals surface area contributed by atoms with Crippen LogP contribution in [-0.4, -0.2) is 20.7 Å². The fraction of sp³-hybridized carbons (Fsp3) is 0.409. The minimum Gasteiger partial charge on any atom is -0.321 e. The molecule has 3 aromatic rings. The number of benzene rings is 1. The number of carbonyl (C=O) groups is 1. The summed E-state index contributed by atoms with van der Waals surface area (Å²) in [6.07, 6.45) is 4.94. The van der Waals surface area contributed by atoms with Crippen LogP contribution >= 0.6 is 0 Å². The first-order valence-corrected chi connectivity index (χ1v) is 9.77. The van der Waals surface area contributed by atoms with Gasteiger partial charge in [0.15, 0.2) is 5.65 Å². The van der Waals surface area contributed by atoms with E-state index in [0.29, 0.717) is 11.5 Å². The van der Waals surface area contributed by atoms with Crippen LogP contribution in [0.1, 0.15) is 72.8 Å². The van der Waals surface area contributed by atoms with Crippen molar-refractivity contribution in [2.45, 2.75) is 58.9 Å². The van der Waals surface area contributed by atoms with Gasteiger partial charge in [-0.1, -0.05) is 25.1 Å². The fourth-order valence-corrected chi connectivity index (χ4v) is 3.57. The molecule has 1 fully saturated rings. The molecule has 0 aliphatic heterocycles. The van der Waals surface area contributed by atoms with Crippen LogP contribution in [0, 0.1) is 6.92 Å². The molecule has 1 saturated carbocycles. The zero-order valence-electron chi connectivity index (χ0n) is 16.4. The number of hydrogen-bond acceptors (Lipinski definition) is 3. The molecule has 0 atom stereocenters. The third kappa shape index (κ3) is 3.22. The lowest BCUT2D eigenvalue weighted by Gasteiger charge is -2.14. The van der Waals surface area contributed by atoms with E-state index in [1.165, 1.54) is 0 Å². The summed E-state index contributed by atoms with van der Waals surface area (Å²) in [6.45, 7) is 8.30. The molecule has 0 bridgehead atoms. The molecule has 140 valence electrons. The molecule has 5 nitrogen and oxygen atoms in total. The standard InChI is InChI=1S/C22H26N4O/c1-5-15-8-6-7-14(4)20(15)25-22(27)17-11-19(16-9-10-16)24-21-18(17)12-23-26(21)13(2)3/h6-8,11-13,16H,5,9-10H2,1-4H3,(H,25,27). The number of nitrogens with zero attached hydrogens (tertiary/aromatic N) is 3. The lowest BCUT2D eigenvalue weighted by Crippen LogP contribution is -2.16. The van der Waals surface area contributed by atoms with Gasteiger partial charge >= 0.3 is 0 Å². The maximum absolute atomic E-state index is 13.2. The lowest BCUT2D eigenvalue weighted by molar-refractivity contribution is 0.102. The fourth-order valence-electron chi connectivity index (χ4n) is 3.57. The highest BCUT2D eigenvalue weighted by Crippen LogP contribution is 2.40. The average Bonchev–Trinajstić information content (AvgIpc) is 3.41. The summed E-state index contributed by atoms with van der Waals surface area (Å²) < 4.78 is 1.91. The van der Waals surface area contributed by atoms with Crippen molar-refractivity contribution in [2.24, 2.45) is 0 Å². The number of aryl methyl sites for hydroxylation is 2. The molecule has 1 N–H and O–H groups in total. The monoisotopic (exact) mass is 362 g/mol. The molecule has 1 aromatic carbocycles. The van der Waals surface area contributed by atoms with Crippen molar-refractivity contribution in [2.75, 3.05) is 5.32 Å². The first kappa shape index (κ1) is 17.7. The number of aromatic nitrogens is 3. The van der Waals surface area contributed by atoms with E-state index in [4.69, 9.17) is 4.98 Å². The largest absolute Gasteiger partial charge is 0.321 e. The van der Waals surface area contributed by atoms with E-state index in [0.717, 1.165) is 52.8 Å². The Morgan fingerprint density at radius 2 is 2.11 bits per heavy atom. The molecule has 1 aliphatic carbocycles. The normalized spacial score (nSPS) is 14.1. The van der Waals surface area contributed by atoms with E-state index < -0.39 is 0 Å². The number of fused-ring (bicyclic) bond motifs is 1. The van der Waals surface area contributed by atoms with Crippen LogP contribution in [0.5, 0.6) is 0 Å². The van der Waals surface area contributed by atoms with Crippen LogP contribution in [-0.2, 0) is 6.42 Å². The molecule has 2 heterocycles. The number of hydrogen-bond donors (Lipinski definition) is 1. The van der Waals surface area contributed by atoms with Gasteiger partial charge in [-0.05, 0) is 57.2 Å². The number of para-hydroxylation sites is 1. The van der Waals surface area contributed by atoms with Gasteiger partial charge in [0.05, 0.1) is 17.1 Å². The molecule has 1 amide bonds. The van der Waals surface area contributed by atoms with E-state index in [1.807, 2.05) is 29.8 Å². The number of rotatable bonds is 5. The summed E-state index contributed by atoms with van der Waals surface area (Å²) >= 11 is 0. The minimum atomic E-state index is -0.0865. The second kappa shape index (κ2) is 6.80. The van der Waals surface area contributed by atoms with Crippen LogP contribution in [0.15, 0.2) is 30.5 Å². The predicted octanol–water partition coefficient (Wildman–Crippen LogP) is 5.01. The Morgan fingerprint density at radius 1 is 1.33 bits per heavy atom. The Kier molecular flexibility index (Phi) is 4.46. The van der Waals surface area contributed by atoms with Crippen molar-refractivity contribution < 1.29 is 4.79 Å². The van der Waals surface area contributed by atoms with Gasteiger partial charge in [-0.25, -0.2) is 9.67 Å². The molecule has 1 aliphatic rings. The van der Waals surface area contributed by atoms with Crippen molar-refractivity contribution in [1.29, 1.82) is 0 Å². The summed E-state index contributed by atoms with van der Waals surface area (Å²) in [6, 6.07) is 8.29. The van der Waals surface area contributed by atoms with Gasteiger partial charge in [-0.3, -0.25) is 4.79 Å². The maximum atomic E-state index is 13.2. The van der Waals surface area contributed by atoms with E-state index in [2.05, 4.69) is 37.3 Å². The highest BCUT2D eigenvalue weighted by molar-refractivity contribution is 6.12. The quantitative estimate of drug-likeness (QED) is 0.694. The first-order chi connectivity index (χ1) is 13.0. The minimum absolute atomic E-state index is 0.0865. The zero-order chi connectivity index (χ0) is 19.1.